The van der Waals surface area contributed by atoms with Crippen molar-refractivity contribution >= 4 is 11.9 Å². The van der Waals surface area contributed by atoms with Gasteiger partial charge < -0.3 is 9.47 Å². The summed E-state index contributed by atoms with van der Waals surface area (Å²) in [4.78, 5) is 21.8. The molecule has 0 bridgehead atoms. The zero-order chi connectivity index (χ0) is 11.1. The minimum atomic E-state index is -0.855. The molecule has 1 atom stereocenters. The third-order valence-corrected chi connectivity index (χ3v) is 1.32. The van der Waals surface area contributed by atoms with Crippen LogP contribution in [0.5, 0.6) is 0 Å². The molecule has 0 rings (SSSR count). The Morgan fingerprint density at radius 1 is 1.29 bits per heavy atom. The maximum Gasteiger partial charge on any atom is 0.333 e. The van der Waals surface area contributed by atoms with Crippen molar-refractivity contribution in [2.24, 2.45) is 5.92 Å². The van der Waals surface area contributed by atoms with Gasteiger partial charge in [-0.3, -0.25) is 4.79 Å². The molecule has 0 aliphatic rings. The Kier molecular flexibility index (Phi) is 5.60. The molecule has 0 saturated carbocycles. The van der Waals surface area contributed by atoms with Crippen LogP contribution in [0, 0.1) is 5.92 Å². The molecule has 0 aromatic carbocycles. The number of carbonyl (C=O) groups is 2. The van der Waals surface area contributed by atoms with Crippen LogP contribution in [0.15, 0.2) is 12.7 Å². The van der Waals surface area contributed by atoms with Crippen molar-refractivity contribution in [1.82, 2.24) is 0 Å². The van der Waals surface area contributed by atoms with E-state index < -0.39 is 12.3 Å². The molecule has 0 aromatic heterocycles. The average Bonchev–Trinajstić information content (AvgIpc) is 2.01. The lowest BCUT2D eigenvalue weighted by Gasteiger charge is -2.13. The topological polar surface area (TPSA) is 52.6 Å². The normalized spacial score (nSPS) is 12.0. The molecule has 0 radical (unpaired) electrons. The molecule has 14 heavy (non-hydrogen) atoms. The zero-order valence-electron chi connectivity index (χ0n) is 8.78. The summed E-state index contributed by atoms with van der Waals surface area (Å²) in [5.74, 6) is -0.746. The van der Waals surface area contributed by atoms with Crippen LogP contribution in [-0.2, 0) is 19.1 Å². The van der Waals surface area contributed by atoms with Crippen molar-refractivity contribution in [1.29, 1.82) is 0 Å². The van der Waals surface area contributed by atoms with Gasteiger partial charge in [-0.2, -0.15) is 0 Å². The Balaban J connectivity index is 3.82. The fourth-order valence-corrected chi connectivity index (χ4v) is 0.802. The van der Waals surface area contributed by atoms with Gasteiger partial charge in [0.2, 0.25) is 6.29 Å². The number of hydrogen-bond donors (Lipinski definition) is 0. The fraction of sp³-hybridized carbons (Fsp3) is 0.600. The van der Waals surface area contributed by atoms with Gasteiger partial charge in [-0.05, 0) is 5.92 Å². The quantitative estimate of drug-likeness (QED) is 0.384. The molecule has 0 fully saturated rings. The van der Waals surface area contributed by atoms with Gasteiger partial charge in [0.25, 0.3) is 0 Å². The van der Waals surface area contributed by atoms with Crippen molar-refractivity contribution in [3.8, 4) is 0 Å². The van der Waals surface area contributed by atoms with Crippen molar-refractivity contribution < 1.29 is 19.1 Å². The maximum atomic E-state index is 11.1. The van der Waals surface area contributed by atoms with Crippen LogP contribution in [0.25, 0.3) is 0 Å². The minimum Gasteiger partial charge on any atom is -0.425 e. The van der Waals surface area contributed by atoms with Gasteiger partial charge in [-0.1, -0.05) is 20.4 Å². The lowest BCUT2D eigenvalue weighted by Crippen LogP contribution is -2.21. The predicted molar refractivity (Wildman–Crippen MR) is 51.3 cm³/mol. The van der Waals surface area contributed by atoms with E-state index in [1.54, 1.807) is 0 Å². The lowest BCUT2D eigenvalue weighted by atomic mass is 10.1. The van der Waals surface area contributed by atoms with E-state index in [-0.39, 0.29) is 11.9 Å². The van der Waals surface area contributed by atoms with Gasteiger partial charge in [-0.15, -0.1) is 0 Å². The molecule has 1 unspecified atom stereocenters. The highest BCUT2D eigenvalue weighted by atomic mass is 16.7. The summed E-state index contributed by atoms with van der Waals surface area (Å²) in [5.41, 5.74) is 0. The Labute approximate surface area is 83.9 Å². The van der Waals surface area contributed by atoms with Crippen LogP contribution in [0.3, 0.4) is 0 Å². The fourth-order valence-electron chi connectivity index (χ4n) is 0.802. The third kappa shape index (κ3) is 6.22. The van der Waals surface area contributed by atoms with Gasteiger partial charge >= 0.3 is 11.9 Å². The molecule has 0 aliphatic carbocycles. The largest absolute Gasteiger partial charge is 0.425 e. The first-order valence-electron chi connectivity index (χ1n) is 4.48. The summed E-state index contributed by atoms with van der Waals surface area (Å²) < 4.78 is 9.46. The first-order chi connectivity index (χ1) is 6.45. The molecule has 0 aromatic rings. The number of rotatable bonds is 5. The van der Waals surface area contributed by atoms with E-state index in [0.29, 0.717) is 6.42 Å². The van der Waals surface area contributed by atoms with E-state index in [9.17, 15) is 9.59 Å². The van der Waals surface area contributed by atoms with Gasteiger partial charge in [0, 0.05) is 19.4 Å². The lowest BCUT2D eigenvalue weighted by molar-refractivity contribution is -0.181. The molecular weight excluding hydrogens is 184 g/mol. The second-order valence-electron chi connectivity index (χ2n) is 3.30. The smallest absolute Gasteiger partial charge is 0.333 e. The first kappa shape index (κ1) is 12.7. The zero-order valence-corrected chi connectivity index (χ0v) is 8.78. The Morgan fingerprint density at radius 2 is 1.86 bits per heavy atom. The van der Waals surface area contributed by atoms with Crippen molar-refractivity contribution in [3.05, 3.63) is 12.7 Å². The maximum absolute atomic E-state index is 11.1. The monoisotopic (exact) mass is 200 g/mol. The van der Waals surface area contributed by atoms with Crippen LogP contribution in [0.1, 0.15) is 27.2 Å². The molecule has 0 spiro atoms. The van der Waals surface area contributed by atoms with E-state index in [4.69, 9.17) is 4.74 Å². The van der Waals surface area contributed by atoms with E-state index >= 15 is 0 Å². The number of carbonyl (C=O) groups excluding carboxylic acids is 2. The van der Waals surface area contributed by atoms with Gasteiger partial charge in [0.15, 0.2) is 0 Å². The first-order valence-corrected chi connectivity index (χ1v) is 4.48. The third-order valence-electron chi connectivity index (χ3n) is 1.32. The summed E-state index contributed by atoms with van der Waals surface area (Å²) in [7, 11) is 0. The molecule has 0 amide bonds. The number of hydrogen-bond acceptors (Lipinski definition) is 4. The van der Waals surface area contributed by atoms with E-state index in [0.717, 1.165) is 6.08 Å². The van der Waals surface area contributed by atoms with Crippen LogP contribution >= 0.6 is 0 Å². The predicted octanol–water partition coefficient (Wildman–Crippen LogP) is 1.65. The van der Waals surface area contributed by atoms with Gasteiger partial charge in [0.05, 0.1) is 0 Å². The summed E-state index contributed by atoms with van der Waals surface area (Å²) in [5, 5.41) is 0. The SMILES string of the molecule is C=CC(=O)OC(C)OC(=O)CC(C)C. The molecule has 4 nitrogen and oxygen atoms in total. The van der Waals surface area contributed by atoms with E-state index in [1.807, 2.05) is 13.8 Å². The highest BCUT2D eigenvalue weighted by Gasteiger charge is 2.13. The Bertz CT molecular complexity index is 220. The van der Waals surface area contributed by atoms with Crippen molar-refractivity contribution in [2.75, 3.05) is 0 Å². The highest BCUT2D eigenvalue weighted by molar-refractivity contribution is 5.81. The summed E-state index contributed by atoms with van der Waals surface area (Å²) >= 11 is 0. The van der Waals surface area contributed by atoms with Crippen molar-refractivity contribution in [3.63, 3.8) is 0 Å². The second kappa shape index (κ2) is 6.18. The summed E-state index contributed by atoms with van der Waals surface area (Å²) in [6.45, 7) is 8.52. The van der Waals surface area contributed by atoms with E-state index in [1.165, 1.54) is 6.92 Å². The minimum absolute atomic E-state index is 0.227. The molecule has 0 aliphatic heterocycles. The number of esters is 2. The molecule has 80 valence electrons. The molecule has 0 N–H and O–H groups in total. The standard InChI is InChI=1S/C10H16O4/c1-5-9(11)13-8(4)14-10(12)6-7(2)3/h5,7-8H,1,6H2,2-4H3. The van der Waals surface area contributed by atoms with Gasteiger partial charge in [0.1, 0.15) is 0 Å². The highest BCUT2D eigenvalue weighted by Crippen LogP contribution is 2.04. The molecule has 0 saturated heterocycles. The Hall–Kier alpha value is -1.32. The van der Waals surface area contributed by atoms with Crippen LogP contribution in [0.2, 0.25) is 0 Å². The number of ether oxygens (including phenoxy) is 2. The molecule has 4 heteroatoms. The van der Waals surface area contributed by atoms with Crippen LogP contribution in [-0.4, -0.2) is 18.2 Å². The van der Waals surface area contributed by atoms with Crippen LogP contribution < -0.4 is 0 Å². The molecular formula is C10H16O4. The summed E-state index contributed by atoms with van der Waals surface area (Å²) in [6.07, 6.45) is 0.481. The Morgan fingerprint density at radius 3 is 2.29 bits per heavy atom. The van der Waals surface area contributed by atoms with E-state index in [2.05, 4.69) is 11.3 Å². The van der Waals surface area contributed by atoms with Crippen LogP contribution in [0.4, 0.5) is 0 Å². The van der Waals surface area contributed by atoms with Crippen molar-refractivity contribution in [2.45, 2.75) is 33.5 Å². The molecule has 0 heterocycles. The van der Waals surface area contributed by atoms with Gasteiger partial charge in [-0.25, -0.2) is 4.79 Å². The summed E-state index contributed by atoms with van der Waals surface area (Å²) in [6, 6.07) is 0. The second-order valence-corrected chi connectivity index (χ2v) is 3.30. The average molecular weight is 200 g/mol.